The summed E-state index contributed by atoms with van der Waals surface area (Å²) in [6.45, 7) is 9.63. The number of hydrogen-bond acceptors (Lipinski definition) is 7. The number of thiazole rings is 1. The molecule has 0 saturated heterocycles. The Hall–Kier alpha value is -2.39. The predicted molar refractivity (Wildman–Crippen MR) is 121 cm³/mol. The molecule has 9 heteroatoms. The molecule has 1 N–H and O–H groups in total. The van der Waals surface area contributed by atoms with Crippen LogP contribution in [0.4, 0.5) is 10.8 Å². The zero-order valence-electron chi connectivity index (χ0n) is 17.0. The number of para-hydroxylation sites is 1. The van der Waals surface area contributed by atoms with Crippen LogP contribution in [0.25, 0.3) is 10.3 Å². The molecule has 0 aliphatic carbocycles. The molecule has 3 aromatic rings. The average molecular weight is 432 g/mol. The molecule has 2 aromatic heterocycles. The number of rotatable bonds is 8. The fourth-order valence-electron chi connectivity index (χ4n) is 2.89. The van der Waals surface area contributed by atoms with Gasteiger partial charge in [-0.25, -0.2) is 4.98 Å². The third-order valence-corrected chi connectivity index (χ3v) is 6.41. The Morgan fingerprint density at radius 3 is 2.52 bits per heavy atom. The van der Waals surface area contributed by atoms with Crippen molar-refractivity contribution in [1.82, 2.24) is 14.5 Å². The summed E-state index contributed by atoms with van der Waals surface area (Å²) in [6.07, 6.45) is 0. The van der Waals surface area contributed by atoms with Crippen molar-refractivity contribution >= 4 is 50.2 Å². The van der Waals surface area contributed by atoms with Crippen molar-refractivity contribution in [3.05, 3.63) is 40.7 Å². The molecular formula is C20H25N5O2S2. The Kier molecular flexibility index (Phi) is 6.92. The summed E-state index contributed by atoms with van der Waals surface area (Å²) in [5.41, 5.74) is 1.09. The van der Waals surface area contributed by atoms with Crippen LogP contribution in [0.2, 0.25) is 0 Å². The number of benzene rings is 1. The first kappa shape index (κ1) is 21.3. The molecule has 0 atom stereocenters. The van der Waals surface area contributed by atoms with Crippen LogP contribution in [0.3, 0.4) is 0 Å². The predicted octanol–water partition coefficient (Wildman–Crippen LogP) is 4.01. The summed E-state index contributed by atoms with van der Waals surface area (Å²) in [6, 6.07) is 9.22. The third-order valence-electron chi connectivity index (χ3n) is 4.36. The van der Waals surface area contributed by atoms with E-state index in [0.29, 0.717) is 15.5 Å². The van der Waals surface area contributed by atoms with E-state index in [-0.39, 0.29) is 23.3 Å². The molecule has 0 radical (unpaired) electrons. The minimum atomic E-state index is -0.145. The van der Waals surface area contributed by atoms with Crippen molar-refractivity contribution in [2.24, 2.45) is 0 Å². The lowest BCUT2D eigenvalue weighted by atomic mass is 10.3. The maximum atomic E-state index is 13.1. The molecule has 0 spiro atoms. The Balaban J connectivity index is 1.88. The quantitative estimate of drug-likeness (QED) is 0.429. The van der Waals surface area contributed by atoms with Crippen molar-refractivity contribution < 1.29 is 4.79 Å². The number of hydrogen-bond donors (Lipinski definition) is 1. The molecule has 1 aromatic carbocycles. The topological polar surface area (TPSA) is 80.1 Å². The van der Waals surface area contributed by atoms with Crippen LogP contribution in [0.1, 0.15) is 33.7 Å². The molecule has 0 aliphatic heterocycles. The first-order valence-corrected chi connectivity index (χ1v) is 11.4. The number of fused-ring (bicyclic) bond motifs is 1. The van der Waals surface area contributed by atoms with Gasteiger partial charge in [-0.05, 0) is 39.8 Å². The van der Waals surface area contributed by atoms with Gasteiger partial charge < -0.3 is 10.2 Å². The highest BCUT2D eigenvalue weighted by Crippen LogP contribution is 2.28. The fourth-order valence-corrected chi connectivity index (χ4v) is 4.88. The molecule has 0 fully saturated rings. The van der Waals surface area contributed by atoms with Crippen LogP contribution in [0.15, 0.2) is 40.3 Å². The van der Waals surface area contributed by atoms with E-state index in [2.05, 4.69) is 34.0 Å². The van der Waals surface area contributed by atoms with Gasteiger partial charge >= 0.3 is 0 Å². The van der Waals surface area contributed by atoms with Crippen molar-refractivity contribution in [2.45, 2.75) is 38.9 Å². The molecule has 0 bridgehead atoms. The zero-order valence-corrected chi connectivity index (χ0v) is 18.6. The molecular weight excluding hydrogens is 406 g/mol. The molecule has 3 rings (SSSR count). The van der Waals surface area contributed by atoms with Crippen LogP contribution in [-0.2, 0) is 4.79 Å². The summed E-state index contributed by atoms with van der Waals surface area (Å²) in [5.74, 6) is 0.0139. The first-order chi connectivity index (χ1) is 13.9. The minimum absolute atomic E-state index is 0.0712. The Bertz CT molecular complexity index is 1040. The molecule has 1 amide bonds. The van der Waals surface area contributed by atoms with E-state index < -0.39 is 0 Å². The number of nitrogens with one attached hydrogen (secondary N) is 1. The van der Waals surface area contributed by atoms with Gasteiger partial charge in [0.2, 0.25) is 5.91 Å². The largest absolute Gasteiger partial charge is 0.349 e. The Morgan fingerprint density at radius 1 is 1.21 bits per heavy atom. The number of nitrogens with zero attached hydrogens (tertiary/aromatic N) is 4. The summed E-state index contributed by atoms with van der Waals surface area (Å²) >= 11 is 2.63. The van der Waals surface area contributed by atoms with Gasteiger partial charge in [0.25, 0.3) is 5.56 Å². The number of carbonyl (C=O) groups is 1. The highest BCUT2D eigenvalue weighted by molar-refractivity contribution is 7.99. The van der Waals surface area contributed by atoms with E-state index in [1.54, 1.807) is 4.57 Å². The van der Waals surface area contributed by atoms with Crippen LogP contribution in [0.5, 0.6) is 0 Å². The molecule has 7 nitrogen and oxygen atoms in total. The lowest BCUT2D eigenvalue weighted by Crippen LogP contribution is -2.25. The maximum absolute atomic E-state index is 13.1. The lowest BCUT2D eigenvalue weighted by Gasteiger charge is -2.15. The average Bonchev–Trinajstić information content (AvgIpc) is 3.12. The van der Waals surface area contributed by atoms with Crippen LogP contribution in [0, 0.1) is 0 Å². The standard InChI is InChI=1S/C20H25N5O2S2/c1-5-24(6-2)19-22-17-16(29-19)18(27)25(13(3)4)20(23-17)28-12-15(26)21-14-10-8-7-9-11-14/h7-11,13H,5-6,12H2,1-4H3,(H,21,26). The second-order valence-corrected chi connectivity index (χ2v) is 8.61. The van der Waals surface area contributed by atoms with Gasteiger partial charge in [0.15, 0.2) is 15.9 Å². The lowest BCUT2D eigenvalue weighted by molar-refractivity contribution is -0.113. The van der Waals surface area contributed by atoms with Gasteiger partial charge in [-0.3, -0.25) is 14.2 Å². The number of amides is 1. The van der Waals surface area contributed by atoms with Crippen molar-refractivity contribution in [3.63, 3.8) is 0 Å². The van der Waals surface area contributed by atoms with E-state index in [0.717, 1.165) is 23.9 Å². The van der Waals surface area contributed by atoms with Crippen LogP contribution < -0.4 is 15.8 Å². The first-order valence-electron chi connectivity index (χ1n) is 9.60. The van der Waals surface area contributed by atoms with Crippen LogP contribution in [-0.4, -0.2) is 39.3 Å². The van der Waals surface area contributed by atoms with Gasteiger partial charge in [-0.1, -0.05) is 41.3 Å². The van der Waals surface area contributed by atoms with Gasteiger partial charge in [0.05, 0.1) is 5.75 Å². The minimum Gasteiger partial charge on any atom is -0.349 e. The maximum Gasteiger partial charge on any atom is 0.274 e. The van der Waals surface area contributed by atoms with E-state index in [1.807, 2.05) is 44.2 Å². The number of carbonyl (C=O) groups excluding carboxylic acids is 1. The molecule has 154 valence electrons. The molecule has 0 unspecified atom stereocenters. The SMILES string of the molecule is CCN(CC)c1nc2nc(SCC(=O)Nc3ccccc3)n(C(C)C)c(=O)c2s1. The summed E-state index contributed by atoms with van der Waals surface area (Å²) < 4.78 is 2.20. The number of anilines is 2. The summed E-state index contributed by atoms with van der Waals surface area (Å²) in [4.78, 5) is 36.7. The van der Waals surface area contributed by atoms with Crippen molar-refractivity contribution in [3.8, 4) is 0 Å². The highest BCUT2D eigenvalue weighted by atomic mass is 32.2. The normalized spacial score (nSPS) is 11.2. The van der Waals surface area contributed by atoms with Crippen molar-refractivity contribution in [2.75, 3.05) is 29.1 Å². The number of aromatic nitrogens is 3. The van der Waals surface area contributed by atoms with Crippen LogP contribution >= 0.6 is 23.1 Å². The zero-order chi connectivity index (χ0) is 21.0. The van der Waals surface area contributed by atoms with E-state index in [4.69, 9.17) is 0 Å². The molecule has 0 aliphatic rings. The van der Waals surface area contributed by atoms with Gasteiger partial charge in [0.1, 0.15) is 4.70 Å². The molecule has 29 heavy (non-hydrogen) atoms. The van der Waals surface area contributed by atoms with E-state index in [1.165, 1.54) is 23.1 Å². The number of thioether (sulfide) groups is 1. The summed E-state index contributed by atoms with van der Waals surface area (Å²) in [5, 5.41) is 4.16. The van der Waals surface area contributed by atoms with Gasteiger partial charge in [-0.2, -0.15) is 4.98 Å². The Morgan fingerprint density at radius 2 is 1.90 bits per heavy atom. The van der Waals surface area contributed by atoms with Gasteiger partial charge in [-0.15, -0.1) is 0 Å². The monoisotopic (exact) mass is 431 g/mol. The van der Waals surface area contributed by atoms with Crippen molar-refractivity contribution in [1.29, 1.82) is 0 Å². The highest BCUT2D eigenvalue weighted by Gasteiger charge is 2.20. The second-order valence-electron chi connectivity index (χ2n) is 6.69. The third kappa shape index (κ3) is 4.79. The van der Waals surface area contributed by atoms with E-state index in [9.17, 15) is 9.59 Å². The molecule has 2 heterocycles. The molecule has 0 saturated carbocycles. The second kappa shape index (κ2) is 9.41. The summed E-state index contributed by atoms with van der Waals surface area (Å²) in [7, 11) is 0. The Labute approximate surface area is 178 Å². The smallest absolute Gasteiger partial charge is 0.274 e. The fraction of sp³-hybridized carbons (Fsp3) is 0.400. The van der Waals surface area contributed by atoms with E-state index >= 15 is 0 Å². The van der Waals surface area contributed by atoms with Gasteiger partial charge in [0, 0.05) is 24.8 Å².